The van der Waals surface area contributed by atoms with E-state index in [0.717, 1.165) is 11.4 Å². The van der Waals surface area contributed by atoms with E-state index in [1.54, 1.807) is 0 Å². The average Bonchev–Trinajstić information content (AvgIpc) is 2.60. The molecule has 0 fully saturated rings. The molecule has 4 aromatic carbocycles. The largest absolute Gasteiger partial charge is 0.383 e. The van der Waals surface area contributed by atoms with Crippen LogP contribution in [0.4, 0.5) is 11.4 Å². The van der Waals surface area contributed by atoms with Gasteiger partial charge in [0.2, 0.25) is 0 Å². The van der Waals surface area contributed by atoms with Crippen molar-refractivity contribution >= 4 is 32.9 Å². The summed E-state index contributed by atoms with van der Waals surface area (Å²) in [6.07, 6.45) is 0. The maximum absolute atomic E-state index is 3.47. The Bertz CT molecular complexity index is 967. The molecule has 0 atom stereocenters. The molecule has 0 N–H and O–H groups in total. The molecule has 127 valence electrons. The number of hydrogen-bond acceptors (Lipinski definition) is 1. The summed E-state index contributed by atoms with van der Waals surface area (Å²) in [5, 5.41) is 4.88. The fourth-order valence-corrected chi connectivity index (χ4v) is 3.34. The first-order chi connectivity index (χ1) is 12.0. The van der Waals surface area contributed by atoms with Crippen LogP contribution >= 0.6 is 0 Å². The van der Waals surface area contributed by atoms with Gasteiger partial charge in [0.05, 0.1) is 0 Å². The monoisotopic (exact) mass is 412 g/mol. The van der Waals surface area contributed by atoms with E-state index in [1.807, 2.05) is 0 Å². The van der Waals surface area contributed by atoms with Crippen molar-refractivity contribution in [3.8, 4) is 0 Å². The minimum atomic E-state index is -0.0854. The van der Waals surface area contributed by atoms with Crippen LogP contribution in [-0.2, 0) is 32.7 Å². The standard InChI is InChI=1S/C24H21N.Y/c1-24(2,3)25(22-14-12-18-8-4-6-10-20(18)16-22)23-15-13-19-9-5-7-11-21(19)17-23;/h4-13,16-17H,1-3H3;/q-2;. The fraction of sp³-hybridized carbons (Fsp3) is 0.167. The third-order valence-electron chi connectivity index (χ3n) is 4.48. The van der Waals surface area contributed by atoms with Gasteiger partial charge in [-0.3, -0.25) is 0 Å². The molecule has 4 rings (SSSR count). The van der Waals surface area contributed by atoms with E-state index in [1.165, 1.54) is 21.5 Å². The molecule has 0 spiro atoms. The smallest absolute Gasteiger partial charge is 0.0322 e. The van der Waals surface area contributed by atoms with Crippen molar-refractivity contribution in [1.29, 1.82) is 0 Å². The molecule has 1 nitrogen and oxygen atoms in total. The molecule has 0 saturated heterocycles. The first-order valence-electron chi connectivity index (χ1n) is 8.63. The molecule has 26 heavy (non-hydrogen) atoms. The predicted octanol–water partition coefficient (Wildman–Crippen LogP) is 6.53. The number of rotatable bonds is 2. The molecule has 0 unspecified atom stereocenters. The summed E-state index contributed by atoms with van der Waals surface area (Å²) in [6.45, 7) is 6.66. The number of benzene rings is 4. The number of nitrogens with zero attached hydrogens (tertiary/aromatic N) is 1. The molecular weight excluding hydrogens is 391 g/mol. The molecule has 0 aliphatic rings. The van der Waals surface area contributed by atoms with Gasteiger partial charge in [0, 0.05) is 38.2 Å². The first-order valence-corrected chi connectivity index (χ1v) is 8.63. The molecule has 2 heteroatoms. The van der Waals surface area contributed by atoms with Gasteiger partial charge in [-0.25, -0.2) is 0 Å². The van der Waals surface area contributed by atoms with E-state index in [2.05, 4.69) is 111 Å². The van der Waals surface area contributed by atoms with E-state index in [4.69, 9.17) is 0 Å². The van der Waals surface area contributed by atoms with Gasteiger partial charge in [0.15, 0.2) is 0 Å². The van der Waals surface area contributed by atoms with E-state index in [0.29, 0.717) is 0 Å². The maximum Gasteiger partial charge on any atom is 0.0322 e. The van der Waals surface area contributed by atoms with Crippen molar-refractivity contribution in [1.82, 2.24) is 0 Å². The minimum absolute atomic E-state index is 0. The molecule has 0 aliphatic heterocycles. The first kappa shape index (κ1) is 19.1. The van der Waals surface area contributed by atoms with Crippen LogP contribution in [0.5, 0.6) is 0 Å². The molecule has 4 aromatic rings. The maximum atomic E-state index is 3.47. The van der Waals surface area contributed by atoms with Gasteiger partial charge in [-0.15, -0.1) is 45.8 Å². The van der Waals surface area contributed by atoms with Gasteiger partial charge in [0.25, 0.3) is 0 Å². The second-order valence-corrected chi connectivity index (χ2v) is 7.40. The van der Waals surface area contributed by atoms with Crippen molar-refractivity contribution in [3.63, 3.8) is 0 Å². The summed E-state index contributed by atoms with van der Waals surface area (Å²) in [6, 6.07) is 32.3. The number of hydrogen-bond donors (Lipinski definition) is 0. The number of anilines is 2. The molecular formula is C24H21NY-2. The van der Waals surface area contributed by atoms with Gasteiger partial charge in [-0.2, -0.15) is 24.3 Å². The van der Waals surface area contributed by atoms with Gasteiger partial charge >= 0.3 is 0 Å². The van der Waals surface area contributed by atoms with E-state index < -0.39 is 0 Å². The number of fused-ring (bicyclic) bond motifs is 2. The zero-order valence-corrected chi connectivity index (χ0v) is 18.3. The SMILES string of the molecule is CC(C)(C)N(c1[c-]cc2ccccc2c1)c1[c-]cc2ccccc2c1.[Y]. The summed E-state index contributed by atoms with van der Waals surface area (Å²) in [7, 11) is 0. The second-order valence-electron chi connectivity index (χ2n) is 7.40. The normalized spacial score (nSPS) is 11.3. The van der Waals surface area contributed by atoms with Crippen molar-refractivity contribution < 1.29 is 32.7 Å². The summed E-state index contributed by atoms with van der Waals surface area (Å²) in [5.41, 5.74) is 2.05. The Labute approximate surface area is 180 Å². The second kappa shape index (κ2) is 7.50. The quantitative estimate of drug-likeness (QED) is 0.339. The Morgan fingerprint density at radius 1 is 0.654 bits per heavy atom. The van der Waals surface area contributed by atoms with E-state index in [9.17, 15) is 0 Å². The van der Waals surface area contributed by atoms with Crippen LogP contribution in [0.25, 0.3) is 21.5 Å². The Balaban J connectivity index is 0.00000196. The van der Waals surface area contributed by atoms with Crippen molar-refractivity contribution in [3.05, 3.63) is 84.9 Å². The van der Waals surface area contributed by atoms with Crippen LogP contribution in [-0.4, -0.2) is 5.54 Å². The van der Waals surface area contributed by atoms with Crippen LogP contribution < -0.4 is 4.90 Å². The zero-order valence-electron chi connectivity index (χ0n) is 15.5. The Morgan fingerprint density at radius 3 is 1.42 bits per heavy atom. The van der Waals surface area contributed by atoms with E-state index in [-0.39, 0.29) is 38.2 Å². The van der Waals surface area contributed by atoms with Crippen LogP contribution in [0.2, 0.25) is 0 Å². The summed E-state index contributed by atoms with van der Waals surface area (Å²) < 4.78 is 0. The Hall–Kier alpha value is -1.70. The van der Waals surface area contributed by atoms with Crippen LogP contribution in [0, 0.1) is 12.1 Å². The van der Waals surface area contributed by atoms with Crippen molar-refractivity contribution in [2.45, 2.75) is 26.3 Å². The zero-order chi connectivity index (χ0) is 17.4. The summed E-state index contributed by atoms with van der Waals surface area (Å²) in [4.78, 5) is 2.31. The minimum Gasteiger partial charge on any atom is -0.383 e. The van der Waals surface area contributed by atoms with Crippen LogP contribution in [0.15, 0.2) is 72.8 Å². The Kier molecular flexibility index (Phi) is 5.51. The molecule has 0 heterocycles. The molecule has 0 saturated carbocycles. The third kappa shape index (κ3) is 3.70. The molecule has 0 bridgehead atoms. The van der Waals surface area contributed by atoms with Crippen molar-refractivity contribution in [2.24, 2.45) is 0 Å². The van der Waals surface area contributed by atoms with Crippen molar-refractivity contribution in [2.75, 3.05) is 4.90 Å². The molecule has 0 aromatic heterocycles. The Morgan fingerprint density at radius 2 is 1.04 bits per heavy atom. The topological polar surface area (TPSA) is 3.24 Å². The van der Waals surface area contributed by atoms with E-state index >= 15 is 0 Å². The molecule has 0 aliphatic carbocycles. The summed E-state index contributed by atoms with van der Waals surface area (Å²) in [5.74, 6) is 0. The fourth-order valence-electron chi connectivity index (χ4n) is 3.34. The van der Waals surface area contributed by atoms with Gasteiger partial charge in [-0.1, -0.05) is 47.8 Å². The molecule has 0 amide bonds. The molecule has 1 radical (unpaired) electrons. The van der Waals surface area contributed by atoms with Gasteiger partial charge < -0.3 is 4.90 Å². The third-order valence-corrected chi connectivity index (χ3v) is 4.48. The summed E-state index contributed by atoms with van der Waals surface area (Å²) >= 11 is 0. The van der Waals surface area contributed by atoms with Gasteiger partial charge in [0.1, 0.15) is 0 Å². The van der Waals surface area contributed by atoms with Crippen LogP contribution in [0.1, 0.15) is 20.8 Å². The van der Waals surface area contributed by atoms with Crippen LogP contribution in [0.3, 0.4) is 0 Å². The predicted molar refractivity (Wildman–Crippen MR) is 107 cm³/mol. The average molecular weight is 412 g/mol. The van der Waals surface area contributed by atoms with Gasteiger partial charge in [-0.05, 0) is 20.8 Å².